The zero-order valence-corrected chi connectivity index (χ0v) is 18.0. The first-order valence-electron chi connectivity index (χ1n) is 10.4. The molecule has 1 amide bonds. The minimum Gasteiger partial charge on any atom is -0.483 e. The van der Waals surface area contributed by atoms with Gasteiger partial charge in [-0.3, -0.25) is 4.79 Å². The molecule has 4 aromatic carbocycles. The summed E-state index contributed by atoms with van der Waals surface area (Å²) in [6, 6.07) is 27.6. The van der Waals surface area contributed by atoms with Gasteiger partial charge in [0, 0.05) is 5.39 Å². The van der Waals surface area contributed by atoms with Gasteiger partial charge in [-0.05, 0) is 59.8 Å². The second kappa shape index (κ2) is 10.2. The van der Waals surface area contributed by atoms with Crippen LogP contribution in [0.15, 0.2) is 96.1 Å². The average Bonchev–Trinajstić information content (AvgIpc) is 2.84. The topological polar surface area (TPSA) is 77.0 Å². The Labute approximate surface area is 191 Å². The van der Waals surface area contributed by atoms with Crippen LogP contribution in [0.2, 0.25) is 0 Å². The fourth-order valence-corrected chi connectivity index (χ4v) is 3.26. The molecule has 0 unspecified atom stereocenters. The molecule has 0 aliphatic rings. The van der Waals surface area contributed by atoms with Crippen LogP contribution in [0.3, 0.4) is 0 Å². The number of nitrogens with one attached hydrogen (secondary N) is 1. The number of hydrazone groups is 1. The minimum absolute atomic E-state index is 0.154. The molecular formula is C27H22N2O4. The van der Waals surface area contributed by atoms with Crippen molar-refractivity contribution < 1.29 is 19.1 Å². The van der Waals surface area contributed by atoms with Crippen molar-refractivity contribution >= 4 is 28.9 Å². The van der Waals surface area contributed by atoms with Crippen LogP contribution in [-0.2, 0) is 4.79 Å². The van der Waals surface area contributed by atoms with Crippen molar-refractivity contribution in [1.29, 1.82) is 0 Å². The molecule has 0 atom stereocenters. The van der Waals surface area contributed by atoms with Gasteiger partial charge in [-0.2, -0.15) is 5.10 Å². The van der Waals surface area contributed by atoms with Crippen molar-refractivity contribution in [1.82, 2.24) is 5.43 Å². The lowest BCUT2D eigenvalue weighted by Gasteiger charge is -2.08. The number of amides is 1. The predicted octanol–water partition coefficient (Wildman–Crippen LogP) is 4.90. The molecule has 0 aromatic heterocycles. The first-order chi connectivity index (χ1) is 16.1. The van der Waals surface area contributed by atoms with Gasteiger partial charge in [0.25, 0.3) is 5.91 Å². The summed E-state index contributed by atoms with van der Waals surface area (Å²) in [7, 11) is 0. The summed E-state index contributed by atoms with van der Waals surface area (Å²) in [5.41, 5.74) is 4.56. The SMILES string of the molecule is Cc1ccccc1C(=O)Oc1ccc(/C=N/NC(=O)COc2cccc3ccccc23)cc1. The highest BCUT2D eigenvalue weighted by atomic mass is 16.5. The summed E-state index contributed by atoms with van der Waals surface area (Å²) in [5.74, 6) is 0.284. The Hall–Kier alpha value is -4.45. The van der Waals surface area contributed by atoms with E-state index in [2.05, 4.69) is 10.5 Å². The van der Waals surface area contributed by atoms with Crippen LogP contribution in [0, 0.1) is 6.92 Å². The Morgan fingerprint density at radius 3 is 2.42 bits per heavy atom. The second-order valence-electron chi connectivity index (χ2n) is 7.33. The third-order valence-electron chi connectivity index (χ3n) is 4.97. The molecule has 6 heteroatoms. The fraction of sp³-hybridized carbons (Fsp3) is 0.0741. The van der Waals surface area contributed by atoms with Crippen LogP contribution < -0.4 is 14.9 Å². The Morgan fingerprint density at radius 2 is 1.61 bits per heavy atom. The number of esters is 1. The second-order valence-corrected chi connectivity index (χ2v) is 7.33. The standard InChI is InChI=1S/C27H22N2O4/c1-19-7-2-4-10-23(19)27(31)33-22-15-13-20(14-16-22)17-28-29-26(30)18-32-25-12-6-9-21-8-3-5-11-24(21)25/h2-17H,18H2,1H3,(H,29,30)/b28-17+. The molecule has 4 aromatic rings. The lowest BCUT2D eigenvalue weighted by Crippen LogP contribution is -2.24. The number of ether oxygens (including phenoxy) is 2. The highest BCUT2D eigenvalue weighted by Crippen LogP contribution is 2.25. The van der Waals surface area contributed by atoms with E-state index >= 15 is 0 Å². The van der Waals surface area contributed by atoms with Gasteiger partial charge in [-0.15, -0.1) is 0 Å². The van der Waals surface area contributed by atoms with Crippen molar-refractivity contribution in [2.75, 3.05) is 6.61 Å². The average molecular weight is 438 g/mol. The van der Waals surface area contributed by atoms with Gasteiger partial charge in [0.1, 0.15) is 11.5 Å². The number of carbonyl (C=O) groups is 2. The van der Waals surface area contributed by atoms with Crippen molar-refractivity contribution in [3.8, 4) is 11.5 Å². The van der Waals surface area contributed by atoms with Gasteiger partial charge in [-0.1, -0.05) is 54.6 Å². The molecule has 0 saturated heterocycles. The van der Waals surface area contributed by atoms with Crippen molar-refractivity contribution in [2.45, 2.75) is 6.92 Å². The highest BCUT2D eigenvalue weighted by molar-refractivity contribution is 5.92. The molecular weight excluding hydrogens is 416 g/mol. The maximum absolute atomic E-state index is 12.3. The lowest BCUT2D eigenvalue weighted by atomic mass is 10.1. The van der Waals surface area contributed by atoms with Gasteiger partial charge in [0.2, 0.25) is 0 Å². The first-order valence-corrected chi connectivity index (χ1v) is 10.4. The quantitative estimate of drug-likeness (QED) is 0.193. The summed E-state index contributed by atoms with van der Waals surface area (Å²) in [5, 5.41) is 5.94. The normalized spacial score (nSPS) is 10.8. The number of aryl methyl sites for hydroxylation is 1. The van der Waals surface area contributed by atoms with Crippen LogP contribution in [0.1, 0.15) is 21.5 Å². The molecule has 0 bridgehead atoms. The Balaban J connectivity index is 1.28. The molecule has 164 valence electrons. The Bertz CT molecular complexity index is 1310. The molecule has 0 spiro atoms. The maximum atomic E-state index is 12.3. The third-order valence-corrected chi connectivity index (χ3v) is 4.97. The lowest BCUT2D eigenvalue weighted by molar-refractivity contribution is -0.123. The number of benzene rings is 4. The zero-order chi connectivity index (χ0) is 23.0. The number of hydrogen-bond acceptors (Lipinski definition) is 5. The van der Waals surface area contributed by atoms with E-state index < -0.39 is 5.97 Å². The van der Waals surface area contributed by atoms with Crippen LogP contribution in [-0.4, -0.2) is 24.7 Å². The molecule has 6 nitrogen and oxygen atoms in total. The number of nitrogens with zero attached hydrogens (tertiary/aromatic N) is 1. The largest absolute Gasteiger partial charge is 0.483 e. The van der Waals surface area contributed by atoms with Crippen LogP contribution in [0.4, 0.5) is 0 Å². The smallest absolute Gasteiger partial charge is 0.343 e. The van der Waals surface area contributed by atoms with Gasteiger partial charge in [0.05, 0.1) is 11.8 Å². The summed E-state index contributed by atoms with van der Waals surface area (Å²) in [6.07, 6.45) is 1.50. The third kappa shape index (κ3) is 5.62. The molecule has 0 aliphatic heterocycles. The van der Waals surface area contributed by atoms with Gasteiger partial charge in [-0.25, -0.2) is 10.2 Å². The Kier molecular flexibility index (Phi) is 6.75. The number of hydrogen-bond donors (Lipinski definition) is 1. The van der Waals surface area contributed by atoms with Gasteiger partial charge >= 0.3 is 5.97 Å². The first kappa shape index (κ1) is 21.8. The van der Waals surface area contributed by atoms with E-state index in [0.29, 0.717) is 17.1 Å². The summed E-state index contributed by atoms with van der Waals surface area (Å²) in [6.45, 7) is 1.71. The number of carbonyl (C=O) groups excluding carboxylic acids is 2. The Morgan fingerprint density at radius 1 is 0.879 bits per heavy atom. The molecule has 0 fully saturated rings. The molecule has 33 heavy (non-hydrogen) atoms. The van der Waals surface area contributed by atoms with Gasteiger partial charge in [0.15, 0.2) is 6.61 Å². The fourth-order valence-electron chi connectivity index (χ4n) is 3.26. The monoisotopic (exact) mass is 438 g/mol. The van der Waals surface area contributed by atoms with E-state index in [1.807, 2.05) is 61.5 Å². The predicted molar refractivity (Wildman–Crippen MR) is 128 cm³/mol. The maximum Gasteiger partial charge on any atom is 0.343 e. The highest BCUT2D eigenvalue weighted by Gasteiger charge is 2.10. The van der Waals surface area contributed by atoms with E-state index in [4.69, 9.17) is 9.47 Å². The van der Waals surface area contributed by atoms with Crippen LogP contribution in [0.5, 0.6) is 11.5 Å². The molecule has 0 saturated carbocycles. The van der Waals surface area contributed by atoms with E-state index in [-0.39, 0.29) is 12.5 Å². The summed E-state index contributed by atoms with van der Waals surface area (Å²) in [4.78, 5) is 24.4. The van der Waals surface area contributed by atoms with E-state index in [1.165, 1.54) is 6.21 Å². The zero-order valence-electron chi connectivity index (χ0n) is 18.0. The number of rotatable bonds is 7. The van der Waals surface area contributed by atoms with E-state index in [1.54, 1.807) is 36.4 Å². The molecule has 0 radical (unpaired) electrons. The van der Waals surface area contributed by atoms with Crippen molar-refractivity contribution in [3.05, 3.63) is 108 Å². The summed E-state index contributed by atoms with van der Waals surface area (Å²) < 4.78 is 11.1. The summed E-state index contributed by atoms with van der Waals surface area (Å²) >= 11 is 0. The molecule has 4 rings (SSSR count). The minimum atomic E-state index is -0.409. The molecule has 0 heterocycles. The van der Waals surface area contributed by atoms with Crippen molar-refractivity contribution in [2.24, 2.45) is 5.10 Å². The van der Waals surface area contributed by atoms with E-state index in [0.717, 1.165) is 21.9 Å². The van der Waals surface area contributed by atoms with Crippen molar-refractivity contribution in [3.63, 3.8) is 0 Å². The van der Waals surface area contributed by atoms with Crippen LogP contribution in [0.25, 0.3) is 10.8 Å². The molecule has 0 aliphatic carbocycles. The number of fused-ring (bicyclic) bond motifs is 1. The van der Waals surface area contributed by atoms with E-state index in [9.17, 15) is 9.59 Å². The van der Waals surface area contributed by atoms with Crippen LogP contribution >= 0.6 is 0 Å². The van der Waals surface area contributed by atoms with Gasteiger partial charge < -0.3 is 9.47 Å². The molecule has 1 N–H and O–H groups in total.